The Morgan fingerprint density at radius 3 is 2.40 bits per heavy atom. The molecule has 1 atom stereocenters. The zero-order chi connectivity index (χ0) is 14.6. The van der Waals surface area contributed by atoms with Crippen LogP contribution in [0.25, 0.3) is 0 Å². The van der Waals surface area contributed by atoms with Crippen LogP contribution in [0.5, 0.6) is 0 Å². The lowest BCUT2D eigenvalue weighted by molar-refractivity contribution is 0.185. The van der Waals surface area contributed by atoms with Crippen LogP contribution in [0.1, 0.15) is 58.3 Å². The molecule has 1 nitrogen and oxygen atoms in total. The molecule has 0 amide bonds. The minimum atomic E-state index is -0.324. The standard InChI is InChI=1S/C17H27FOS/c1-2-3-4-5-6-7-8-11-15(19)14-20-17-13-10-9-12-16(17)18/h9-10,12-13,15,19H,2-8,11,14H2,1H3. The first-order valence-corrected chi connectivity index (χ1v) is 8.78. The van der Waals surface area contributed by atoms with E-state index in [4.69, 9.17) is 0 Å². The second-order valence-corrected chi connectivity index (χ2v) is 6.37. The molecule has 1 aromatic rings. The number of aliphatic hydroxyl groups is 1. The molecule has 1 aromatic carbocycles. The van der Waals surface area contributed by atoms with E-state index < -0.39 is 0 Å². The lowest BCUT2D eigenvalue weighted by atomic mass is 10.1. The summed E-state index contributed by atoms with van der Waals surface area (Å²) in [6.07, 6.45) is 9.32. The fourth-order valence-electron chi connectivity index (χ4n) is 2.17. The highest BCUT2D eigenvalue weighted by molar-refractivity contribution is 7.99. The number of hydrogen-bond acceptors (Lipinski definition) is 2. The van der Waals surface area contributed by atoms with E-state index in [-0.39, 0.29) is 11.9 Å². The number of hydrogen-bond donors (Lipinski definition) is 1. The maximum Gasteiger partial charge on any atom is 0.136 e. The van der Waals surface area contributed by atoms with Crippen molar-refractivity contribution in [3.05, 3.63) is 30.1 Å². The number of aliphatic hydroxyl groups excluding tert-OH is 1. The van der Waals surface area contributed by atoms with Crippen LogP contribution in [0, 0.1) is 5.82 Å². The van der Waals surface area contributed by atoms with E-state index in [9.17, 15) is 9.50 Å². The van der Waals surface area contributed by atoms with Gasteiger partial charge in [-0.3, -0.25) is 0 Å². The largest absolute Gasteiger partial charge is 0.392 e. The molecule has 0 aromatic heterocycles. The van der Waals surface area contributed by atoms with Crippen LogP contribution in [0.3, 0.4) is 0 Å². The highest BCUT2D eigenvalue weighted by Gasteiger charge is 2.07. The van der Waals surface area contributed by atoms with E-state index >= 15 is 0 Å². The van der Waals surface area contributed by atoms with E-state index in [1.807, 2.05) is 6.07 Å². The summed E-state index contributed by atoms with van der Waals surface area (Å²) in [5, 5.41) is 9.90. The Hall–Kier alpha value is -0.540. The zero-order valence-corrected chi connectivity index (χ0v) is 13.3. The van der Waals surface area contributed by atoms with Gasteiger partial charge in [0.25, 0.3) is 0 Å². The normalized spacial score (nSPS) is 12.6. The van der Waals surface area contributed by atoms with Crippen molar-refractivity contribution in [2.45, 2.75) is 69.3 Å². The van der Waals surface area contributed by atoms with Crippen molar-refractivity contribution in [3.8, 4) is 0 Å². The SMILES string of the molecule is CCCCCCCCCC(O)CSc1ccccc1F. The van der Waals surface area contributed by atoms with Crippen LogP contribution in [0.2, 0.25) is 0 Å². The van der Waals surface area contributed by atoms with Crippen LogP contribution >= 0.6 is 11.8 Å². The molecule has 1 N–H and O–H groups in total. The zero-order valence-electron chi connectivity index (χ0n) is 12.5. The molecule has 114 valence electrons. The molecule has 0 aliphatic carbocycles. The van der Waals surface area contributed by atoms with Gasteiger partial charge in [-0.15, -0.1) is 11.8 Å². The Bertz CT molecular complexity index is 357. The van der Waals surface area contributed by atoms with Gasteiger partial charge in [-0.25, -0.2) is 4.39 Å². The smallest absolute Gasteiger partial charge is 0.136 e. The molecule has 0 saturated heterocycles. The van der Waals surface area contributed by atoms with Crippen LogP contribution in [0.15, 0.2) is 29.2 Å². The monoisotopic (exact) mass is 298 g/mol. The summed E-state index contributed by atoms with van der Waals surface area (Å²) in [4.78, 5) is 0.631. The van der Waals surface area contributed by atoms with Gasteiger partial charge in [-0.2, -0.15) is 0 Å². The van der Waals surface area contributed by atoms with E-state index in [1.165, 1.54) is 56.4 Å². The van der Waals surface area contributed by atoms with Crippen LogP contribution in [-0.4, -0.2) is 17.0 Å². The Balaban J connectivity index is 2.03. The number of benzene rings is 1. The summed E-state index contributed by atoms with van der Waals surface area (Å²) in [5.41, 5.74) is 0. The van der Waals surface area contributed by atoms with Gasteiger partial charge in [-0.05, 0) is 18.6 Å². The Kier molecular flexibility index (Phi) is 9.77. The van der Waals surface area contributed by atoms with E-state index in [1.54, 1.807) is 12.1 Å². The fraction of sp³-hybridized carbons (Fsp3) is 0.647. The number of rotatable bonds is 11. The molecule has 0 spiro atoms. The first kappa shape index (κ1) is 17.5. The minimum Gasteiger partial charge on any atom is -0.392 e. The molecule has 0 aliphatic rings. The summed E-state index contributed by atoms with van der Waals surface area (Å²) in [7, 11) is 0. The van der Waals surface area contributed by atoms with Crippen molar-refractivity contribution >= 4 is 11.8 Å². The molecule has 0 radical (unpaired) electrons. The third-order valence-electron chi connectivity index (χ3n) is 3.41. The van der Waals surface area contributed by atoms with Crippen molar-refractivity contribution in [1.82, 2.24) is 0 Å². The van der Waals surface area contributed by atoms with Gasteiger partial charge in [0.15, 0.2) is 0 Å². The Labute approximate surface area is 127 Å². The van der Waals surface area contributed by atoms with Crippen molar-refractivity contribution < 1.29 is 9.50 Å². The second-order valence-electron chi connectivity index (χ2n) is 5.31. The molecule has 3 heteroatoms. The van der Waals surface area contributed by atoms with Crippen LogP contribution in [-0.2, 0) is 0 Å². The Morgan fingerprint density at radius 2 is 1.70 bits per heavy atom. The maximum absolute atomic E-state index is 13.4. The second kappa shape index (κ2) is 11.2. The predicted octanol–water partition coefficient (Wildman–Crippen LogP) is 5.42. The highest BCUT2D eigenvalue weighted by atomic mass is 32.2. The Morgan fingerprint density at radius 1 is 1.05 bits per heavy atom. The summed E-state index contributed by atoms with van der Waals surface area (Å²) >= 11 is 1.41. The topological polar surface area (TPSA) is 20.2 Å². The molecule has 0 aliphatic heterocycles. The molecular weight excluding hydrogens is 271 g/mol. The quantitative estimate of drug-likeness (QED) is 0.435. The van der Waals surface area contributed by atoms with Gasteiger partial charge in [-0.1, -0.05) is 64.0 Å². The van der Waals surface area contributed by atoms with Crippen LogP contribution < -0.4 is 0 Å². The molecule has 0 saturated carbocycles. The third kappa shape index (κ3) is 7.91. The molecule has 20 heavy (non-hydrogen) atoms. The third-order valence-corrected chi connectivity index (χ3v) is 4.60. The molecule has 0 heterocycles. The van der Waals surface area contributed by atoms with Gasteiger partial charge in [0, 0.05) is 10.6 Å². The highest BCUT2D eigenvalue weighted by Crippen LogP contribution is 2.23. The van der Waals surface area contributed by atoms with Crippen molar-refractivity contribution in [3.63, 3.8) is 0 Å². The number of unbranched alkanes of at least 4 members (excludes halogenated alkanes) is 6. The van der Waals surface area contributed by atoms with Gasteiger partial charge >= 0.3 is 0 Å². The van der Waals surface area contributed by atoms with Crippen molar-refractivity contribution in [2.75, 3.05) is 5.75 Å². The summed E-state index contributed by atoms with van der Waals surface area (Å²) in [6, 6.07) is 6.74. The minimum absolute atomic E-state index is 0.194. The first-order chi connectivity index (χ1) is 9.74. The molecule has 1 unspecified atom stereocenters. The average Bonchev–Trinajstić information content (AvgIpc) is 2.45. The van der Waals surface area contributed by atoms with Crippen molar-refractivity contribution in [1.29, 1.82) is 0 Å². The van der Waals surface area contributed by atoms with Gasteiger partial charge < -0.3 is 5.11 Å². The van der Waals surface area contributed by atoms with E-state index in [0.29, 0.717) is 10.6 Å². The average molecular weight is 298 g/mol. The fourth-order valence-corrected chi connectivity index (χ4v) is 3.09. The van der Waals surface area contributed by atoms with E-state index in [2.05, 4.69) is 6.92 Å². The summed E-state index contributed by atoms with van der Waals surface area (Å²) in [6.45, 7) is 2.23. The summed E-state index contributed by atoms with van der Waals surface area (Å²) in [5.74, 6) is 0.386. The molecular formula is C17H27FOS. The summed E-state index contributed by atoms with van der Waals surface area (Å²) < 4.78 is 13.4. The van der Waals surface area contributed by atoms with E-state index in [0.717, 1.165) is 12.8 Å². The number of halogens is 1. The lowest BCUT2D eigenvalue weighted by Crippen LogP contribution is -2.09. The molecule has 0 bridgehead atoms. The molecule has 1 rings (SSSR count). The van der Waals surface area contributed by atoms with Crippen molar-refractivity contribution in [2.24, 2.45) is 0 Å². The number of thioether (sulfide) groups is 1. The first-order valence-electron chi connectivity index (χ1n) is 7.79. The van der Waals surface area contributed by atoms with Gasteiger partial charge in [0.2, 0.25) is 0 Å². The molecule has 0 fully saturated rings. The van der Waals surface area contributed by atoms with Gasteiger partial charge in [0.05, 0.1) is 6.10 Å². The lowest BCUT2D eigenvalue weighted by Gasteiger charge is -2.10. The maximum atomic E-state index is 13.4. The predicted molar refractivity (Wildman–Crippen MR) is 85.7 cm³/mol. The van der Waals surface area contributed by atoms with Crippen LogP contribution in [0.4, 0.5) is 4.39 Å². The van der Waals surface area contributed by atoms with Gasteiger partial charge in [0.1, 0.15) is 5.82 Å².